The van der Waals surface area contributed by atoms with Gasteiger partial charge in [-0.1, -0.05) is 11.6 Å². The second-order valence-electron chi connectivity index (χ2n) is 5.31. The van der Waals surface area contributed by atoms with Gasteiger partial charge in [-0.25, -0.2) is 4.39 Å². The normalized spacial score (nSPS) is 10.5. The van der Waals surface area contributed by atoms with Crippen molar-refractivity contribution in [1.82, 2.24) is 10.2 Å². The van der Waals surface area contributed by atoms with E-state index in [1.807, 2.05) is 0 Å². The largest absolute Gasteiger partial charge is 0.497 e. The summed E-state index contributed by atoms with van der Waals surface area (Å²) in [6, 6.07) is 10.5. The summed E-state index contributed by atoms with van der Waals surface area (Å²) in [5, 5.41) is 9.57. The van der Waals surface area contributed by atoms with Crippen molar-refractivity contribution in [2.75, 3.05) is 19.5 Å². The summed E-state index contributed by atoms with van der Waals surface area (Å²) in [5.74, 6) is 0.192. The summed E-state index contributed by atoms with van der Waals surface area (Å²) in [5.41, 5.74) is 1.57. The molecule has 0 aliphatic heterocycles. The van der Waals surface area contributed by atoms with Crippen molar-refractivity contribution in [3.63, 3.8) is 0 Å². The number of aromatic amines is 1. The highest BCUT2D eigenvalue weighted by Gasteiger charge is 2.16. The van der Waals surface area contributed by atoms with Crippen LogP contribution in [-0.4, -0.2) is 30.3 Å². The minimum Gasteiger partial charge on any atom is -0.497 e. The fraction of sp³-hybridized carbons (Fsp3) is 0.111. The zero-order valence-electron chi connectivity index (χ0n) is 14.0. The van der Waals surface area contributed by atoms with Crippen LogP contribution in [0, 0.1) is 5.82 Å². The van der Waals surface area contributed by atoms with E-state index >= 15 is 0 Å². The molecule has 8 heteroatoms. The predicted molar refractivity (Wildman–Crippen MR) is 96.5 cm³/mol. The van der Waals surface area contributed by atoms with Crippen molar-refractivity contribution in [3.8, 4) is 22.8 Å². The molecule has 26 heavy (non-hydrogen) atoms. The van der Waals surface area contributed by atoms with E-state index in [9.17, 15) is 9.18 Å². The van der Waals surface area contributed by atoms with E-state index in [0.29, 0.717) is 22.8 Å². The number of rotatable bonds is 5. The van der Waals surface area contributed by atoms with Gasteiger partial charge in [0.05, 0.1) is 30.6 Å². The number of amides is 1. The first kappa shape index (κ1) is 17.8. The summed E-state index contributed by atoms with van der Waals surface area (Å²) in [4.78, 5) is 12.4. The fourth-order valence-corrected chi connectivity index (χ4v) is 2.53. The Hall–Kier alpha value is -3.06. The van der Waals surface area contributed by atoms with Gasteiger partial charge in [-0.3, -0.25) is 9.89 Å². The van der Waals surface area contributed by atoms with Gasteiger partial charge in [0, 0.05) is 11.6 Å². The first-order valence-electron chi connectivity index (χ1n) is 7.56. The van der Waals surface area contributed by atoms with E-state index in [4.69, 9.17) is 21.1 Å². The molecule has 0 radical (unpaired) electrons. The lowest BCUT2D eigenvalue weighted by Crippen LogP contribution is -2.12. The average molecular weight is 376 g/mol. The summed E-state index contributed by atoms with van der Waals surface area (Å²) in [7, 11) is 3.09. The van der Waals surface area contributed by atoms with Gasteiger partial charge in [-0.15, -0.1) is 0 Å². The minimum absolute atomic E-state index is 0.176. The van der Waals surface area contributed by atoms with Crippen LogP contribution in [0.15, 0.2) is 42.5 Å². The standard InChI is InChI=1S/C18H15ClFN3O3/c1-25-11-4-5-12(17(8-11)26-2)14-9-16(23-22-14)18(24)21-15-7-10(20)3-6-13(15)19/h3-9H,1-2H3,(H,21,24)(H,22,23). The highest BCUT2D eigenvalue weighted by Crippen LogP contribution is 2.32. The van der Waals surface area contributed by atoms with E-state index in [1.165, 1.54) is 19.2 Å². The third-order valence-corrected chi connectivity index (χ3v) is 4.01. The number of H-pyrrole nitrogens is 1. The Morgan fingerprint density at radius 1 is 1.15 bits per heavy atom. The summed E-state index contributed by atoms with van der Waals surface area (Å²) in [6.45, 7) is 0. The number of carbonyl (C=O) groups is 1. The number of nitrogens with zero attached hydrogens (tertiary/aromatic N) is 1. The van der Waals surface area contributed by atoms with Crippen LogP contribution in [0.4, 0.5) is 10.1 Å². The molecule has 3 aromatic rings. The SMILES string of the molecule is COc1ccc(-c2cc(C(=O)Nc3cc(F)ccc3Cl)[nH]n2)c(OC)c1. The highest BCUT2D eigenvalue weighted by atomic mass is 35.5. The summed E-state index contributed by atoms with van der Waals surface area (Å²) >= 11 is 5.96. The summed E-state index contributed by atoms with van der Waals surface area (Å²) < 4.78 is 23.8. The Bertz CT molecular complexity index is 959. The molecular formula is C18H15ClFN3O3. The topological polar surface area (TPSA) is 76.2 Å². The molecule has 1 amide bonds. The maximum absolute atomic E-state index is 13.3. The molecule has 6 nitrogen and oxygen atoms in total. The molecule has 0 atom stereocenters. The lowest BCUT2D eigenvalue weighted by Gasteiger charge is -2.08. The number of halogens is 2. The number of aromatic nitrogens is 2. The second kappa shape index (κ2) is 7.45. The number of carbonyl (C=O) groups excluding carboxylic acids is 1. The number of ether oxygens (including phenoxy) is 2. The number of hydrogen-bond donors (Lipinski definition) is 2. The van der Waals surface area contributed by atoms with Crippen molar-refractivity contribution < 1.29 is 18.7 Å². The van der Waals surface area contributed by atoms with Crippen LogP contribution in [0.3, 0.4) is 0 Å². The molecule has 2 aromatic carbocycles. The third kappa shape index (κ3) is 3.62. The minimum atomic E-state index is -0.502. The molecule has 0 unspecified atom stereocenters. The molecule has 0 spiro atoms. The Balaban J connectivity index is 1.86. The number of methoxy groups -OCH3 is 2. The predicted octanol–water partition coefficient (Wildman–Crippen LogP) is 4.14. The van der Waals surface area contributed by atoms with Gasteiger partial charge in [0.1, 0.15) is 23.0 Å². The number of benzene rings is 2. The molecule has 134 valence electrons. The van der Waals surface area contributed by atoms with E-state index in [-0.39, 0.29) is 16.4 Å². The van der Waals surface area contributed by atoms with E-state index in [2.05, 4.69) is 15.5 Å². The number of hydrogen-bond acceptors (Lipinski definition) is 4. The van der Waals surface area contributed by atoms with Crippen LogP contribution < -0.4 is 14.8 Å². The molecule has 0 aliphatic rings. The molecule has 1 heterocycles. The molecule has 0 saturated carbocycles. The van der Waals surface area contributed by atoms with Crippen molar-refractivity contribution in [3.05, 3.63) is 59.0 Å². The molecule has 0 saturated heterocycles. The Morgan fingerprint density at radius 3 is 2.69 bits per heavy atom. The molecule has 0 fully saturated rings. The first-order chi connectivity index (χ1) is 12.5. The van der Waals surface area contributed by atoms with E-state index < -0.39 is 11.7 Å². The van der Waals surface area contributed by atoms with Gasteiger partial charge in [-0.05, 0) is 36.4 Å². The van der Waals surface area contributed by atoms with Crippen molar-refractivity contribution in [2.24, 2.45) is 0 Å². The van der Waals surface area contributed by atoms with Gasteiger partial charge in [0.15, 0.2) is 0 Å². The molecule has 3 rings (SSSR count). The fourth-order valence-electron chi connectivity index (χ4n) is 2.37. The van der Waals surface area contributed by atoms with Gasteiger partial charge < -0.3 is 14.8 Å². The quantitative estimate of drug-likeness (QED) is 0.702. The van der Waals surface area contributed by atoms with Crippen molar-refractivity contribution >= 4 is 23.2 Å². The van der Waals surface area contributed by atoms with Crippen LogP contribution >= 0.6 is 11.6 Å². The van der Waals surface area contributed by atoms with Gasteiger partial charge in [0.25, 0.3) is 5.91 Å². The molecule has 2 N–H and O–H groups in total. The van der Waals surface area contributed by atoms with Crippen LogP contribution in [0.25, 0.3) is 11.3 Å². The smallest absolute Gasteiger partial charge is 0.273 e. The van der Waals surface area contributed by atoms with E-state index in [1.54, 1.807) is 31.4 Å². The number of nitrogens with one attached hydrogen (secondary N) is 2. The van der Waals surface area contributed by atoms with Gasteiger partial charge in [-0.2, -0.15) is 5.10 Å². The highest BCUT2D eigenvalue weighted by molar-refractivity contribution is 6.33. The second-order valence-corrected chi connectivity index (χ2v) is 5.72. The number of anilines is 1. The van der Waals surface area contributed by atoms with E-state index in [0.717, 1.165) is 6.07 Å². The molecule has 1 aromatic heterocycles. The van der Waals surface area contributed by atoms with Crippen LogP contribution in [-0.2, 0) is 0 Å². The molecular weight excluding hydrogens is 361 g/mol. The Kier molecular flexibility index (Phi) is 5.09. The Morgan fingerprint density at radius 2 is 1.96 bits per heavy atom. The maximum Gasteiger partial charge on any atom is 0.273 e. The lowest BCUT2D eigenvalue weighted by atomic mass is 10.1. The van der Waals surface area contributed by atoms with Crippen LogP contribution in [0.1, 0.15) is 10.5 Å². The average Bonchev–Trinajstić information content (AvgIpc) is 3.14. The van der Waals surface area contributed by atoms with Gasteiger partial charge >= 0.3 is 0 Å². The Labute approximate surface area is 153 Å². The van der Waals surface area contributed by atoms with Crippen LogP contribution in [0.2, 0.25) is 5.02 Å². The molecule has 0 aliphatic carbocycles. The summed E-state index contributed by atoms with van der Waals surface area (Å²) in [6.07, 6.45) is 0. The van der Waals surface area contributed by atoms with Crippen LogP contribution in [0.5, 0.6) is 11.5 Å². The first-order valence-corrected chi connectivity index (χ1v) is 7.94. The molecule has 0 bridgehead atoms. The maximum atomic E-state index is 13.3. The third-order valence-electron chi connectivity index (χ3n) is 3.68. The zero-order valence-corrected chi connectivity index (χ0v) is 14.7. The monoisotopic (exact) mass is 375 g/mol. The lowest BCUT2D eigenvalue weighted by molar-refractivity contribution is 0.102. The van der Waals surface area contributed by atoms with Crippen molar-refractivity contribution in [2.45, 2.75) is 0 Å². The van der Waals surface area contributed by atoms with Crippen molar-refractivity contribution in [1.29, 1.82) is 0 Å². The van der Waals surface area contributed by atoms with Gasteiger partial charge in [0.2, 0.25) is 0 Å². The zero-order chi connectivity index (χ0) is 18.7.